The molecule has 0 radical (unpaired) electrons. The van der Waals surface area contributed by atoms with Crippen molar-refractivity contribution >= 4 is 0 Å². The maximum Gasteiger partial charge on any atom is 0.144 e. The Morgan fingerprint density at radius 2 is 0.878 bits per heavy atom. The summed E-state index contributed by atoms with van der Waals surface area (Å²) in [5, 5.41) is 0. The van der Waals surface area contributed by atoms with Gasteiger partial charge >= 0.3 is 0 Å². The van der Waals surface area contributed by atoms with Gasteiger partial charge in [-0.1, -0.05) is 182 Å². The molecule has 248 valence electrons. The molecule has 0 aromatic rings. The highest BCUT2D eigenvalue weighted by atomic mass is 35.5. The first-order chi connectivity index (χ1) is 19.8. The predicted molar refractivity (Wildman–Crippen MR) is 182 cm³/mol. The molecule has 1 rings (SSSR count). The fraction of sp³-hybridized carbons (Fsp3) is 1.00. The summed E-state index contributed by atoms with van der Waals surface area (Å²) in [6.45, 7) is 13.5. The van der Waals surface area contributed by atoms with Gasteiger partial charge in [0.25, 0.3) is 0 Å². The van der Waals surface area contributed by atoms with Gasteiger partial charge in [-0.25, -0.2) is 4.90 Å². The van der Waals surface area contributed by atoms with Crippen LogP contribution in [0.1, 0.15) is 214 Å². The summed E-state index contributed by atoms with van der Waals surface area (Å²) in [5.41, 5.74) is 0. The highest BCUT2D eigenvalue weighted by Crippen LogP contribution is 2.17. The molecule has 1 fully saturated rings. The first kappa shape index (κ1) is 41.2. The van der Waals surface area contributed by atoms with Crippen LogP contribution in [0, 0.1) is 0 Å². The van der Waals surface area contributed by atoms with Crippen LogP contribution < -0.4 is 17.3 Å². The standard InChI is InChI=1S/C38H78N2.ClH/c1-5-9-11-13-15-17-19-21-23-25-27-29-31-33-37(7-3)40-36-35-39(8-4)38(40)34-32-30-28-26-24-22-20-18-16-14-12-10-6-2;/h37-38H,5-36H2,1-4H3;1H. The molecule has 1 heterocycles. The maximum absolute atomic E-state index is 2.82. The predicted octanol–water partition coefficient (Wildman–Crippen LogP) is 8.28. The van der Waals surface area contributed by atoms with Crippen LogP contribution in [-0.2, 0) is 0 Å². The zero-order valence-corrected chi connectivity index (χ0v) is 29.9. The van der Waals surface area contributed by atoms with Crippen molar-refractivity contribution < 1.29 is 17.3 Å². The Morgan fingerprint density at radius 3 is 1.24 bits per heavy atom. The van der Waals surface area contributed by atoms with Gasteiger partial charge in [-0.05, 0) is 25.7 Å². The number of halogens is 1. The fourth-order valence-corrected chi connectivity index (χ4v) is 7.47. The van der Waals surface area contributed by atoms with Crippen LogP contribution in [0.25, 0.3) is 0 Å². The zero-order chi connectivity index (χ0) is 28.9. The van der Waals surface area contributed by atoms with Crippen molar-refractivity contribution in [1.82, 2.24) is 4.90 Å². The summed E-state index contributed by atoms with van der Waals surface area (Å²) >= 11 is 0. The van der Waals surface area contributed by atoms with Gasteiger partial charge in [0.15, 0.2) is 0 Å². The number of nitrogens with one attached hydrogen (secondary N) is 1. The van der Waals surface area contributed by atoms with E-state index in [1.54, 1.807) is 0 Å². The van der Waals surface area contributed by atoms with Gasteiger partial charge in [0.2, 0.25) is 0 Å². The molecule has 0 spiro atoms. The van der Waals surface area contributed by atoms with Crippen molar-refractivity contribution in [2.24, 2.45) is 0 Å². The topological polar surface area (TPSA) is 7.68 Å². The van der Waals surface area contributed by atoms with Gasteiger partial charge in [-0.3, -0.25) is 0 Å². The van der Waals surface area contributed by atoms with Crippen LogP contribution in [0.5, 0.6) is 0 Å². The first-order valence-electron chi connectivity index (χ1n) is 19.4. The Labute approximate surface area is 267 Å². The molecular formula is C38H79ClN2. The molecule has 0 amide bonds. The van der Waals surface area contributed by atoms with E-state index >= 15 is 0 Å². The van der Waals surface area contributed by atoms with E-state index in [4.69, 9.17) is 0 Å². The van der Waals surface area contributed by atoms with Crippen molar-refractivity contribution in [3.05, 3.63) is 0 Å². The number of hydrogen-bond acceptors (Lipinski definition) is 1. The second-order valence-electron chi connectivity index (χ2n) is 13.6. The van der Waals surface area contributed by atoms with E-state index in [9.17, 15) is 0 Å². The van der Waals surface area contributed by atoms with Gasteiger partial charge in [0, 0.05) is 13.0 Å². The van der Waals surface area contributed by atoms with Gasteiger partial charge in [0.1, 0.15) is 6.17 Å². The molecule has 2 nitrogen and oxygen atoms in total. The molecule has 1 N–H and O–H groups in total. The number of quaternary nitrogens is 1. The third-order valence-electron chi connectivity index (χ3n) is 10.2. The Hall–Kier alpha value is 0.210. The Morgan fingerprint density at radius 1 is 0.512 bits per heavy atom. The van der Waals surface area contributed by atoms with E-state index < -0.39 is 0 Å². The lowest BCUT2D eigenvalue weighted by molar-refractivity contribution is -0.943. The summed E-state index contributed by atoms with van der Waals surface area (Å²) < 4.78 is 0. The molecule has 3 atom stereocenters. The molecular weight excluding hydrogens is 520 g/mol. The Balaban J connectivity index is 0.0000160. The third kappa shape index (κ3) is 22.4. The van der Waals surface area contributed by atoms with Crippen LogP contribution in [0.2, 0.25) is 0 Å². The molecule has 3 heteroatoms. The van der Waals surface area contributed by atoms with Crippen molar-refractivity contribution in [3.8, 4) is 0 Å². The first-order valence-corrected chi connectivity index (χ1v) is 19.4. The quantitative estimate of drug-likeness (QED) is 0.0789. The second kappa shape index (κ2) is 31.6. The molecule has 0 bridgehead atoms. The largest absolute Gasteiger partial charge is 1.00 e. The van der Waals surface area contributed by atoms with E-state index in [1.807, 2.05) is 4.90 Å². The van der Waals surface area contributed by atoms with Gasteiger partial charge in [0.05, 0.1) is 19.1 Å². The number of nitrogens with zero attached hydrogens (tertiary/aromatic N) is 1. The van der Waals surface area contributed by atoms with Crippen LogP contribution in [0.4, 0.5) is 0 Å². The van der Waals surface area contributed by atoms with Gasteiger partial charge < -0.3 is 17.3 Å². The molecule has 0 aromatic carbocycles. The van der Waals surface area contributed by atoms with Crippen LogP contribution >= 0.6 is 0 Å². The lowest BCUT2D eigenvalue weighted by Gasteiger charge is -2.32. The Bertz CT molecular complexity index is 499. The van der Waals surface area contributed by atoms with Crippen molar-refractivity contribution in [2.75, 3.05) is 19.6 Å². The van der Waals surface area contributed by atoms with E-state index in [-0.39, 0.29) is 12.4 Å². The van der Waals surface area contributed by atoms with Gasteiger partial charge in [-0.2, -0.15) is 0 Å². The van der Waals surface area contributed by atoms with E-state index in [1.165, 1.54) is 206 Å². The van der Waals surface area contributed by atoms with E-state index in [2.05, 4.69) is 32.6 Å². The summed E-state index contributed by atoms with van der Waals surface area (Å²) in [4.78, 5) is 4.78. The molecule has 0 saturated carbocycles. The molecule has 1 saturated heterocycles. The number of hydrogen-bond donors (Lipinski definition) is 1. The molecule has 1 aliphatic rings. The molecule has 0 aromatic heterocycles. The highest BCUT2D eigenvalue weighted by Gasteiger charge is 2.37. The minimum Gasteiger partial charge on any atom is -1.00 e. The zero-order valence-electron chi connectivity index (χ0n) is 29.1. The normalized spacial score (nSPS) is 18.1. The minimum atomic E-state index is 0. The molecule has 3 unspecified atom stereocenters. The second-order valence-corrected chi connectivity index (χ2v) is 13.6. The monoisotopic (exact) mass is 599 g/mol. The minimum absolute atomic E-state index is 0. The maximum atomic E-state index is 2.82. The van der Waals surface area contributed by atoms with Gasteiger partial charge in [-0.15, -0.1) is 0 Å². The smallest absolute Gasteiger partial charge is 0.144 e. The fourth-order valence-electron chi connectivity index (χ4n) is 7.47. The van der Waals surface area contributed by atoms with Crippen molar-refractivity contribution in [3.63, 3.8) is 0 Å². The van der Waals surface area contributed by atoms with Crippen LogP contribution in [0.3, 0.4) is 0 Å². The molecule has 41 heavy (non-hydrogen) atoms. The highest BCUT2D eigenvalue weighted by molar-refractivity contribution is 4.70. The lowest BCUT2D eigenvalue weighted by atomic mass is 10.0. The summed E-state index contributed by atoms with van der Waals surface area (Å²) in [6.07, 6.45) is 43.2. The van der Waals surface area contributed by atoms with E-state index in [0.29, 0.717) is 0 Å². The Kier molecular flexibility index (Phi) is 31.8. The van der Waals surface area contributed by atoms with Crippen LogP contribution in [0.15, 0.2) is 0 Å². The summed E-state index contributed by atoms with van der Waals surface area (Å²) in [7, 11) is 0. The number of rotatable bonds is 31. The SMILES string of the molecule is CCCCCCCCCCCCCCCC(CC)[NH+]1CCN(CC)C1CCCCCCCCCCCCCCC.[Cl-]. The average molecular weight is 600 g/mol. The molecule has 0 aliphatic carbocycles. The van der Waals surface area contributed by atoms with E-state index in [0.717, 1.165) is 12.2 Å². The summed E-state index contributed by atoms with van der Waals surface area (Å²) in [5.74, 6) is 0. The summed E-state index contributed by atoms with van der Waals surface area (Å²) in [6, 6.07) is 0.899. The molecule has 1 aliphatic heterocycles. The van der Waals surface area contributed by atoms with Crippen LogP contribution in [-0.4, -0.2) is 36.7 Å². The lowest BCUT2D eigenvalue weighted by Crippen LogP contribution is -3.18. The number of likely N-dealkylation sites (N-methyl/N-ethyl adjacent to an activating group) is 1. The van der Waals surface area contributed by atoms with Crippen molar-refractivity contribution in [2.45, 2.75) is 226 Å². The van der Waals surface area contributed by atoms with Crippen molar-refractivity contribution in [1.29, 1.82) is 0 Å². The third-order valence-corrected chi connectivity index (χ3v) is 10.2. The average Bonchev–Trinajstić information content (AvgIpc) is 3.38. The number of unbranched alkanes of at least 4 members (excludes halogenated alkanes) is 24.